The minimum atomic E-state index is 0.463. The van der Waals surface area contributed by atoms with Crippen molar-refractivity contribution in [1.29, 1.82) is 0 Å². The average molecular weight is 214 g/mol. The van der Waals surface area contributed by atoms with E-state index in [0.29, 0.717) is 6.10 Å². The number of morpholine rings is 1. The van der Waals surface area contributed by atoms with Gasteiger partial charge >= 0.3 is 0 Å². The molecule has 1 saturated heterocycles. The smallest absolute Gasteiger partial charge is 0.0700 e. The van der Waals surface area contributed by atoms with E-state index in [1.54, 1.807) is 0 Å². The van der Waals surface area contributed by atoms with Crippen LogP contribution in [0, 0.1) is 5.92 Å². The minimum absolute atomic E-state index is 0.463. The summed E-state index contributed by atoms with van der Waals surface area (Å²) in [5.41, 5.74) is 0. The van der Waals surface area contributed by atoms with Crippen LogP contribution >= 0.6 is 0 Å². The first-order valence-corrected chi connectivity index (χ1v) is 6.30. The second kappa shape index (κ2) is 7.20. The van der Waals surface area contributed by atoms with E-state index in [1.807, 2.05) is 0 Å². The van der Waals surface area contributed by atoms with Gasteiger partial charge in [0.25, 0.3) is 0 Å². The summed E-state index contributed by atoms with van der Waals surface area (Å²) in [6.45, 7) is 13.2. The number of hydrogen-bond acceptors (Lipinski definition) is 3. The molecule has 3 heteroatoms. The Morgan fingerprint density at radius 3 is 2.93 bits per heavy atom. The standard InChI is InChI=1S/C12H26N2O/c1-4-12-10-14(6-7-15-12)9-11(3)8-13-5-2/h11-13H,4-10H2,1-3H3. The molecular weight excluding hydrogens is 188 g/mol. The molecule has 1 heterocycles. The Labute approximate surface area is 94.2 Å². The van der Waals surface area contributed by atoms with Crippen molar-refractivity contribution in [1.82, 2.24) is 10.2 Å². The maximum Gasteiger partial charge on any atom is 0.0700 e. The number of nitrogens with zero attached hydrogens (tertiary/aromatic N) is 1. The zero-order valence-corrected chi connectivity index (χ0v) is 10.5. The fraction of sp³-hybridized carbons (Fsp3) is 1.00. The highest BCUT2D eigenvalue weighted by molar-refractivity contribution is 4.72. The SMILES string of the molecule is CCNCC(C)CN1CCOC(CC)C1. The lowest BCUT2D eigenvalue weighted by atomic mass is 10.1. The van der Waals surface area contributed by atoms with Crippen LogP contribution in [0.3, 0.4) is 0 Å². The van der Waals surface area contributed by atoms with Crippen molar-refractivity contribution in [2.75, 3.05) is 39.3 Å². The van der Waals surface area contributed by atoms with E-state index in [2.05, 4.69) is 31.0 Å². The van der Waals surface area contributed by atoms with Gasteiger partial charge in [-0.05, 0) is 25.4 Å². The molecule has 1 rings (SSSR count). The zero-order chi connectivity index (χ0) is 11.1. The largest absolute Gasteiger partial charge is 0.376 e. The average Bonchev–Trinajstić information content (AvgIpc) is 2.26. The van der Waals surface area contributed by atoms with E-state index in [4.69, 9.17) is 4.74 Å². The van der Waals surface area contributed by atoms with Gasteiger partial charge in [0.05, 0.1) is 12.7 Å². The highest BCUT2D eigenvalue weighted by Crippen LogP contribution is 2.09. The molecule has 1 aliphatic rings. The summed E-state index contributed by atoms with van der Waals surface area (Å²) in [5, 5.41) is 3.40. The quantitative estimate of drug-likeness (QED) is 0.722. The number of nitrogens with one attached hydrogen (secondary N) is 1. The molecular formula is C12H26N2O. The number of rotatable bonds is 6. The van der Waals surface area contributed by atoms with E-state index in [0.717, 1.165) is 45.1 Å². The molecule has 15 heavy (non-hydrogen) atoms. The topological polar surface area (TPSA) is 24.5 Å². The Morgan fingerprint density at radius 2 is 2.27 bits per heavy atom. The Balaban J connectivity index is 2.19. The van der Waals surface area contributed by atoms with Gasteiger partial charge in [-0.15, -0.1) is 0 Å². The van der Waals surface area contributed by atoms with Crippen molar-refractivity contribution < 1.29 is 4.74 Å². The summed E-state index contributed by atoms with van der Waals surface area (Å²) in [6, 6.07) is 0. The first-order chi connectivity index (χ1) is 7.26. The second-order valence-corrected chi connectivity index (χ2v) is 4.57. The minimum Gasteiger partial charge on any atom is -0.376 e. The zero-order valence-electron chi connectivity index (χ0n) is 10.5. The van der Waals surface area contributed by atoms with E-state index >= 15 is 0 Å². The third-order valence-electron chi connectivity index (χ3n) is 2.99. The van der Waals surface area contributed by atoms with Crippen molar-refractivity contribution in [3.8, 4) is 0 Å². The fourth-order valence-electron chi connectivity index (χ4n) is 2.09. The van der Waals surface area contributed by atoms with Crippen molar-refractivity contribution in [2.45, 2.75) is 33.3 Å². The van der Waals surface area contributed by atoms with Crippen molar-refractivity contribution >= 4 is 0 Å². The highest BCUT2D eigenvalue weighted by atomic mass is 16.5. The van der Waals surface area contributed by atoms with Gasteiger partial charge in [-0.1, -0.05) is 20.8 Å². The van der Waals surface area contributed by atoms with Crippen molar-refractivity contribution in [3.05, 3.63) is 0 Å². The fourth-order valence-corrected chi connectivity index (χ4v) is 2.09. The molecule has 90 valence electrons. The lowest BCUT2D eigenvalue weighted by Gasteiger charge is -2.34. The molecule has 0 radical (unpaired) electrons. The molecule has 1 N–H and O–H groups in total. The summed E-state index contributed by atoms with van der Waals surface area (Å²) in [4.78, 5) is 2.54. The molecule has 2 atom stereocenters. The van der Waals surface area contributed by atoms with Gasteiger partial charge in [-0.3, -0.25) is 4.90 Å². The molecule has 0 aliphatic carbocycles. The lowest BCUT2D eigenvalue weighted by Crippen LogP contribution is -2.45. The molecule has 0 bridgehead atoms. The Hall–Kier alpha value is -0.120. The maximum atomic E-state index is 5.66. The van der Waals surface area contributed by atoms with E-state index in [-0.39, 0.29) is 0 Å². The molecule has 0 aromatic carbocycles. The monoisotopic (exact) mass is 214 g/mol. The predicted molar refractivity (Wildman–Crippen MR) is 64.2 cm³/mol. The Kier molecular flexibility index (Phi) is 6.22. The van der Waals surface area contributed by atoms with Gasteiger partial charge in [0.1, 0.15) is 0 Å². The first-order valence-electron chi connectivity index (χ1n) is 6.30. The molecule has 2 unspecified atom stereocenters. The summed E-state index contributed by atoms with van der Waals surface area (Å²) < 4.78 is 5.66. The van der Waals surface area contributed by atoms with Gasteiger partial charge in [-0.2, -0.15) is 0 Å². The van der Waals surface area contributed by atoms with Crippen LogP contribution in [0.2, 0.25) is 0 Å². The van der Waals surface area contributed by atoms with Crippen LogP contribution in [-0.2, 0) is 4.74 Å². The first kappa shape index (κ1) is 12.9. The van der Waals surface area contributed by atoms with Crippen molar-refractivity contribution in [2.24, 2.45) is 5.92 Å². The molecule has 1 aliphatic heterocycles. The highest BCUT2D eigenvalue weighted by Gasteiger charge is 2.19. The van der Waals surface area contributed by atoms with Gasteiger partial charge in [-0.25, -0.2) is 0 Å². The molecule has 0 amide bonds. The van der Waals surface area contributed by atoms with Gasteiger partial charge < -0.3 is 10.1 Å². The molecule has 1 fully saturated rings. The summed E-state index contributed by atoms with van der Waals surface area (Å²) in [5.74, 6) is 0.737. The van der Waals surface area contributed by atoms with Crippen LogP contribution in [0.4, 0.5) is 0 Å². The molecule has 0 spiro atoms. The third-order valence-corrected chi connectivity index (χ3v) is 2.99. The van der Waals surface area contributed by atoms with E-state index < -0.39 is 0 Å². The van der Waals surface area contributed by atoms with Crippen LogP contribution in [0.25, 0.3) is 0 Å². The third kappa shape index (κ3) is 4.96. The molecule has 3 nitrogen and oxygen atoms in total. The second-order valence-electron chi connectivity index (χ2n) is 4.57. The molecule has 0 aromatic rings. The normalized spacial score (nSPS) is 25.4. The van der Waals surface area contributed by atoms with Gasteiger partial charge in [0, 0.05) is 19.6 Å². The predicted octanol–water partition coefficient (Wildman–Crippen LogP) is 1.34. The Morgan fingerprint density at radius 1 is 1.47 bits per heavy atom. The van der Waals surface area contributed by atoms with Gasteiger partial charge in [0.15, 0.2) is 0 Å². The van der Waals surface area contributed by atoms with Crippen LogP contribution < -0.4 is 5.32 Å². The molecule has 0 saturated carbocycles. The van der Waals surface area contributed by atoms with Crippen LogP contribution in [-0.4, -0.2) is 50.3 Å². The summed E-state index contributed by atoms with van der Waals surface area (Å²) in [6.07, 6.45) is 1.60. The van der Waals surface area contributed by atoms with Crippen LogP contribution in [0.15, 0.2) is 0 Å². The van der Waals surface area contributed by atoms with Crippen LogP contribution in [0.5, 0.6) is 0 Å². The van der Waals surface area contributed by atoms with Crippen LogP contribution in [0.1, 0.15) is 27.2 Å². The van der Waals surface area contributed by atoms with Crippen molar-refractivity contribution in [3.63, 3.8) is 0 Å². The summed E-state index contributed by atoms with van der Waals surface area (Å²) in [7, 11) is 0. The van der Waals surface area contributed by atoms with E-state index in [1.165, 1.54) is 6.54 Å². The maximum absolute atomic E-state index is 5.66. The number of ether oxygens (including phenoxy) is 1. The number of hydrogen-bond donors (Lipinski definition) is 1. The molecule has 0 aromatic heterocycles. The van der Waals surface area contributed by atoms with E-state index in [9.17, 15) is 0 Å². The van der Waals surface area contributed by atoms with Gasteiger partial charge in [0.2, 0.25) is 0 Å². The Bertz CT molecular complexity index is 164. The summed E-state index contributed by atoms with van der Waals surface area (Å²) >= 11 is 0. The lowest BCUT2D eigenvalue weighted by molar-refractivity contribution is -0.0333.